The van der Waals surface area contributed by atoms with Gasteiger partial charge >= 0.3 is 0 Å². The number of hydrogen-bond donors (Lipinski definition) is 0. The van der Waals surface area contributed by atoms with Gasteiger partial charge in [0, 0.05) is 23.0 Å². The summed E-state index contributed by atoms with van der Waals surface area (Å²) < 4.78 is 5.82. The van der Waals surface area contributed by atoms with Crippen molar-refractivity contribution in [3.8, 4) is 5.75 Å². The molecule has 3 rings (SSSR count). The Bertz CT molecular complexity index is 598. The summed E-state index contributed by atoms with van der Waals surface area (Å²) in [4.78, 5) is 16.1. The molecule has 2 aromatic rings. The summed E-state index contributed by atoms with van der Waals surface area (Å²) in [6.45, 7) is 0. The molecule has 1 aliphatic rings. The molecule has 0 spiro atoms. The van der Waals surface area contributed by atoms with Gasteiger partial charge in [-0.15, -0.1) is 0 Å². The van der Waals surface area contributed by atoms with Crippen molar-refractivity contribution in [1.82, 2.24) is 4.98 Å². The number of carbonyl (C=O) groups is 1. The number of fused-ring (bicyclic) bond motifs is 1. The van der Waals surface area contributed by atoms with Crippen LogP contribution >= 0.6 is 11.6 Å². The molecule has 0 radical (unpaired) electrons. The first kappa shape index (κ1) is 11.2. The smallest absolute Gasteiger partial charge is 0.170 e. The predicted octanol–water partition coefficient (Wildman–Crippen LogP) is 3.44. The van der Waals surface area contributed by atoms with Crippen LogP contribution in [0, 0.1) is 0 Å². The van der Waals surface area contributed by atoms with E-state index in [0.717, 1.165) is 5.56 Å². The molecule has 1 atom stereocenters. The number of Topliss-reactive ketones (excluding diaryl/α,β-unsaturated/α-hetero) is 1. The van der Waals surface area contributed by atoms with Crippen LogP contribution in [0.2, 0.25) is 5.02 Å². The molecule has 3 nitrogen and oxygen atoms in total. The number of ether oxygens (including phenoxy) is 1. The van der Waals surface area contributed by atoms with Crippen molar-refractivity contribution in [3.05, 3.63) is 58.9 Å². The van der Waals surface area contributed by atoms with Gasteiger partial charge in [-0.3, -0.25) is 9.78 Å². The summed E-state index contributed by atoms with van der Waals surface area (Å²) in [5.41, 5.74) is 1.47. The Morgan fingerprint density at radius 3 is 3.00 bits per heavy atom. The molecule has 0 N–H and O–H groups in total. The van der Waals surface area contributed by atoms with Gasteiger partial charge in [0.1, 0.15) is 11.9 Å². The average molecular weight is 260 g/mol. The maximum absolute atomic E-state index is 12.1. The van der Waals surface area contributed by atoms with Crippen LogP contribution in [0.5, 0.6) is 5.75 Å². The summed E-state index contributed by atoms with van der Waals surface area (Å²) in [6, 6.07) is 8.85. The zero-order valence-electron chi connectivity index (χ0n) is 9.47. The number of rotatable bonds is 1. The topological polar surface area (TPSA) is 39.2 Å². The summed E-state index contributed by atoms with van der Waals surface area (Å²) in [7, 11) is 0. The summed E-state index contributed by atoms with van der Waals surface area (Å²) in [5, 5.41) is 0.547. The standard InChI is InChI=1S/C14H10ClNO2/c15-10-3-4-13-11(6-10)12(17)7-14(18-13)9-2-1-5-16-8-9/h1-6,8,14H,7H2/t14-/m0/s1. The molecule has 4 heteroatoms. The summed E-state index contributed by atoms with van der Waals surface area (Å²) in [5.74, 6) is 0.636. The third-order valence-corrected chi connectivity index (χ3v) is 3.17. The number of aromatic nitrogens is 1. The number of hydrogen-bond acceptors (Lipinski definition) is 3. The highest BCUT2D eigenvalue weighted by Gasteiger charge is 2.27. The van der Waals surface area contributed by atoms with Crippen molar-refractivity contribution in [2.24, 2.45) is 0 Å². The lowest BCUT2D eigenvalue weighted by Crippen LogP contribution is -2.20. The summed E-state index contributed by atoms with van der Waals surface area (Å²) in [6.07, 6.45) is 3.47. The van der Waals surface area contributed by atoms with Gasteiger partial charge in [-0.1, -0.05) is 17.7 Å². The third kappa shape index (κ3) is 1.97. The van der Waals surface area contributed by atoms with Gasteiger partial charge in [0.15, 0.2) is 5.78 Å². The Hall–Kier alpha value is -1.87. The maximum atomic E-state index is 12.1. The van der Waals surface area contributed by atoms with Crippen LogP contribution < -0.4 is 4.74 Å². The van der Waals surface area contributed by atoms with E-state index < -0.39 is 0 Å². The maximum Gasteiger partial charge on any atom is 0.170 e. The van der Waals surface area contributed by atoms with Crippen molar-refractivity contribution < 1.29 is 9.53 Å². The molecule has 0 bridgehead atoms. The normalized spacial score (nSPS) is 18.1. The van der Waals surface area contributed by atoms with E-state index in [0.29, 0.717) is 22.8 Å². The quantitative estimate of drug-likeness (QED) is 0.787. The van der Waals surface area contributed by atoms with E-state index in [1.54, 1.807) is 30.6 Å². The number of carbonyl (C=O) groups excluding carboxylic acids is 1. The molecule has 2 heterocycles. The molecular formula is C14H10ClNO2. The van der Waals surface area contributed by atoms with Gasteiger partial charge in [0.2, 0.25) is 0 Å². The highest BCUT2D eigenvalue weighted by molar-refractivity contribution is 6.31. The third-order valence-electron chi connectivity index (χ3n) is 2.94. The first-order valence-corrected chi connectivity index (χ1v) is 6.01. The van der Waals surface area contributed by atoms with Crippen molar-refractivity contribution in [2.45, 2.75) is 12.5 Å². The second-order valence-electron chi connectivity index (χ2n) is 4.16. The van der Waals surface area contributed by atoms with Gasteiger partial charge in [0.05, 0.1) is 12.0 Å². The minimum absolute atomic E-state index is 0.0487. The molecule has 1 aromatic heterocycles. The molecule has 0 fully saturated rings. The van der Waals surface area contributed by atoms with Gasteiger partial charge in [-0.2, -0.15) is 0 Å². The van der Waals surface area contributed by atoms with Gasteiger partial charge < -0.3 is 4.74 Å². The fraction of sp³-hybridized carbons (Fsp3) is 0.143. The van der Waals surface area contributed by atoms with Crippen molar-refractivity contribution in [1.29, 1.82) is 0 Å². The van der Waals surface area contributed by atoms with E-state index in [1.165, 1.54) is 0 Å². The monoisotopic (exact) mass is 259 g/mol. The first-order valence-electron chi connectivity index (χ1n) is 5.63. The molecule has 0 aliphatic carbocycles. The van der Waals surface area contributed by atoms with Crippen LogP contribution in [-0.4, -0.2) is 10.8 Å². The Labute approximate surface area is 109 Å². The number of benzene rings is 1. The fourth-order valence-electron chi connectivity index (χ4n) is 2.05. The zero-order valence-corrected chi connectivity index (χ0v) is 10.2. The molecule has 90 valence electrons. The largest absolute Gasteiger partial charge is 0.484 e. The molecular weight excluding hydrogens is 250 g/mol. The van der Waals surface area contributed by atoms with E-state index in [9.17, 15) is 4.79 Å². The van der Waals surface area contributed by atoms with Crippen molar-refractivity contribution in [3.63, 3.8) is 0 Å². The van der Waals surface area contributed by atoms with Crippen molar-refractivity contribution in [2.75, 3.05) is 0 Å². The van der Waals surface area contributed by atoms with E-state index in [2.05, 4.69) is 4.98 Å². The van der Waals surface area contributed by atoms with Gasteiger partial charge in [0.25, 0.3) is 0 Å². The Morgan fingerprint density at radius 1 is 1.33 bits per heavy atom. The Kier molecular flexibility index (Phi) is 2.76. The second kappa shape index (κ2) is 4.42. The lowest BCUT2D eigenvalue weighted by atomic mass is 9.97. The van der Waals surface area contributed by atoms with Crippen molar-refractivity contribution >= 4 is 17.4 Å². The lowest BCUT2D eigenvalue weighted by molar-refractivity contribution is 0.0850. The minimum Gasteiger partial charge on any atom is -0.484 e. The van der Waals surface area contributed by atoms with E-state index in [1.807, 2.05) is 12.1 Å². The number of halogens is 1. The van der Waals surface area contributed by atoms with E-state index in [4.69, 9.17) is 16.3 Å². The fourth-order valence-corrected chi connectivity index (χ4v) is 2.22. The molecule has 1 aliphatic heterocycles. The van der Waals surface area contributed by atoms with Crippen LogP contribution in [0.1, 0.15) is 28.4 Å². The van der Waals surface area contributed by atoms with Gasteiger partial charge in [-0.25, -0.2) is 0 Å². The molecule has 0 saturated heterocycles. The number of pyridine rings is 1. The number of nitrogens with zero attached hydrogens (tertiary/aromatic N) is 1. The first-order chi connectivity index (χ1) is 8.74. The SMILES string of the molecule is O=C1C[C@@H](c2cccnc2)Oc2ccc(Cl)cc21. The highest BCUT2D eigenvalue weighted by atomic mass is 35.5. The average Bonchev–Trinajstić information content (AvgIpc) is 2.40. The molecule has 0 saturated carbocycles. The zero-order chi connectivity index (χ0) is 12.5. The molecule has 0 unspecified atom stereocenters. The lowest BCUT2D eigenvalue weighted by Gasteiger charge is -2.25. The van der Waals surface area contributed by atoms with Crippen LogP contribution in [0.3, 0.4) is 0 Å². The minimum atomic E-state index is -0.264. The Morgan fingerprint density at radius 2 is 2.22 bits per heavy atom. The number of ketones is 1. The molecule has 0 amide bonds. The van der Waals surface area contributed by atoms with Crippen LogP contribution in [0.15, 0.2) is 42.7 Å². The second-order valence-corrected chi connectivity index (χ2v) is 4.60. The summed E-state index contributed by atoms with van der Waals surface area (Å²) >= 11 is 5.88. The van der Waals surface area contributed by atoms with E-state index in [-0.39, 0.29) is 11.9 Å². The van der Waals surface area contributed by atoms with Crippen LogP contribution in [0.25, 0.3) is 0 Å². The van der Waals surface area contributed by atoms with Gasteiger partial charge in [-0.05, 0) is 24.3 Å². The van der Waals surface area contributed by atoms with Crippen LogP contribution in [0.4, 0.5) is 0 Å². The van der Waals surface area contributed by atoms with E-state index >= 15 is 0 Å². The highest BCUT2D eigenvalue weighted by Crippen LogP contribution is 2.35. The predicted molar refractivity (Wildman–Crippen MR) is 68.0 cm³/mol. The van der Waals surface area contributed by atoms with Crippen LogP contribution in [-0.2, 0) is 0 Å². The molecule has 18 heavy (non-hydrogen) atoms. The Balaban J connectivity index is 1.97. The molecule has 1 aromatic carbocycles.